The van der Waals surface area contributed by atoms with Crippen LogP contribution in [0.4, 0.5) is 5.69 Å². The highest BCUT2D eigenvalue weighted by Gasteiger charge is 2.19. The lowest BCUT2D eigenvalue weighted by molar-refractivity contribution is 0.0919. The highest BCUT2D eigenvalue weighted by Crippen LogP contribution is 2.19. The number of nitrogens with zero attached hydrogens (tertiary/aromatic N) is 1. The van der Waals surface area contributed by atoms with Crippen molar-refractivity contribution in [3.05, 3.63) is 65.2 Å². The van der Waals surface area contributed by atoms with Gasteiger partial charge in [-0.05, 0) is 69.0 Å². The largest absolute Gasteiger partial charge is 0.348 e. The van der Waals surface area contributed by atoms with Crippen LogP contribution in [0.5, 0.6) is 0 Å². The molecule has 1 heterocycles. The Morgan fingerprint density at radius 2 is 1.86 bits per heavy atom. The van der Waals surface area contributed by atoms with Gasteiger partial charge in [-0.1, -0.05) is 31.2 Å². The topological polar surface area (TPSA) is 61.4 Å². The minimum Gasteiger partial charge on any atom is -0.348 e. The van der Waals surface area contributed by atoms with E-state index in [1.54, 1.807) is 24.3 Å². The summed E-state index contributed by atoms with van der Waals surface area (Å²) < 4.78 is 0. The zero-order valence-corrected chi connectivity index (χ0v) is 17.6. The van der Waals surface area contributed by atoms with Crippen molar-refractivity contribution < 1.29 is 9.59 Å². The van der Waals surface area contributed by atoms with Gasteiger partial charge in [0.2, 0.25) is 0 Å². The van der Waals surface area contributed by atoms with E-state index in [1.165, 1.54) is 12.8 Å². The Morgan fingerprint density at radius 3 is 2.59 bits per heavy atom. The molecule has 2 aromatic carbocycles. The predicted molar refractivity (Wildman–Crippen MR) is 117 cm³/mol. The van der Waals surface area contributed by atoms with Crippen LogP contribution in [0.1, 0.15) is 53.0 Å². The molecule has 2 unspecified atom stereocenters. The minimum atomic E-state index is -0.182. The number of amides is 2. The fraction of sp³-hybridized carbons (Fsp3) is 0.417. The van der Waals surface area contributed by atoms with E-state index in [1.807, 2.05) is 38.1 Å². The van der Waals surface area contributed by atoms with Gasteiger partial charge in [-0.3, -0.25) is 9.59 Å². The first-order valence-electron chi connectivity index (χ1n) is 10.4. The summed E-state index contributed by atoms with van der Waals surface area (Å²) in [6, 6.07) is 14.6. The number of rotatable bonds is 6. The Labute approximate surface area is 173 Å². The molecule has 5 nitrogen and oxygen atoms in total. The number of hydrogen-bond acceptors (Lipinski definition) is 3. The fourth-order valence-corrected chi connectivity index (χ4v) is 3.87. The zero-order valence-electron chi connectivity index (χ0n) is 17.6. The van der Waals surface area contributed by atoms with Crippen LogP contribution >= 0.6 is 0 Å². The summed E-state index contributed by atoms with van der Waals surface area (Å²) >= 11 is 0. The summed E-state index contributed by atoms with van der Waals surface area (Å²) in [5.41, 5.74) is 2.72. The van der Waals surface area contributed by atoms with Crippen LogP contribution < -0.4 is 10.6 Å². The van der Waals surface area contributed by atoms with Gasteiger partial charge < -0.3 is 15.5 Å². The summed E-state index contributed by atoms with van der Waals surface area (Å²) in [6.07, 6.45) is 2.52. The highest BCUT2D eigenvalue weighted by molar-refractivity contribution is 6.05. The van der Waals surface area contributed by atoms with Crippen molar-refractivity contribution in [3.8, 4) is 0 Å². The fourth-order valence-electron chi connectivity index (χ4n) is 3.87. The molecule has 3 rings (SSSR count). The summed E-state index contributed by atoms with van der Waals surface area (Å²) in [5, 5.41) is 6.02. The lowest BCUT2D eigenvalue weighted by Gasteiger charge is -2.32. The smallest absolute Gasteiger partial charge is 0.255 e. The van der Waals surface area contributed by atoms with Crippen LogP contribution in [0, 0.1) is 12.8 Å². The molecule has 0 radical (unpaired) electrons. The lowest BCUT2D eigenvalue weighted by Crippen LogP contribution is -2.45. The van der Waals surface area contributed by atoms with Gasteiger partial charge in [0.1, 0.15) is 0 Å². The van der Waals surface area contributed by atoms with Crippen molar-refractivity contribution >= 4 is 17.5 Å². The Hall–Kier alpha value is -2.66. The summed E-state index contributed by atoms with van der Waals surface area (Å²) in [7, 11) is 0. The molecule has 0 aliphatic carbocycles. The number of carbonyl (C=O) groups excluding carboxylic acids is 2. The SMILES string of the molecule is Cc1ccc(C(=O)NC(C)CN2CCCC(C)C2)cc1NC(=O)c1ccccc1. The zero-order chi connectivity index (χ0) is 20.8. The molecule has 5 heteroatoms. The maximum absolute atomic E-state index is 12.7. The Kier molecular flexibility index (Phi) is 7.04. The van der Waals surface area contributed by atoms with Crippen molar-refractivity contribution in [3.63, 3.8) is 0 Å². The second-order valence-corrected chi connectivity index (χ2v) is 8.23. The number of piperidine rings is 1. The van der Waals surface area contributed by atoms with E-state index in [0.717, 1.165) is 31.1 Å². The van der Waals surface area contributed by atoms with Crippen molar-refractivity contribution in [2.24, 2.45) is 5.92 Å². The van der Waals surface area contributed by atoms with Crippen LogP contribution in [0.25, 0.3) is 0 Å². The van der Waals surface area contributed by atoms with E-state index in [-0.39, 0.29) is 17.9 Å². The van der Waals surface area contributed by atoms with Gasteiger partial charge in [-0.2, -0.15) is 0 Å². The second-order valence-electron chi connectivity index (χ2n) is 8.23. The van der Waals surface area contributed by atoms with Crippen molar-refractivity contribution in [1.82, 2.24) is 10.2 Å². The third-order valence-electron chi connectivity index (χ3n) is 5.43. The molecular formula is C24H31N3O2. The van der Waals surface area contributed by atoms with Gasteiger partial charge in [0, 0.05) is 35.9 Å². The first-order chi connectivity index (χ1) is 13.9. The maximum Gasteiger partial charge on any atom is 0.255 e. The molecule has 2 N–H and O–H groups in total. The third-order valence-corrected chi connectivity index (χ3v) is 5.43. The molecule has 29 heavy (non-hydrogen) atoms. The summed E-state index contributed by atoms with van der Waals surface area (Å²) in [4.78, 5) is 27.6. The average molecular weight is 394 g/mol. The van der Waals surface area contributed by atoms with Gasteiger partial charge in [0.15, 0.2) is 0 Å². The quantitative estimate of drug-likeness (QED) is 0.777. The van der Waals surface area contributed by atoms with E-state index >= 15 is 0 Å². The third kappa shape index (κ3) is 5.91. The van der Waals surface area contributed by atoms with E-state index < -0.39 is 0 Å². The number of hydrogen-bond donors (Lipinski definition) is 2. The number of carbonyl (C=O) groups is 2. The molecule has 0 bridgehead atoms. The van der Waals surface area contributed by atoms with Crippen molar-refractivity contribution in [2.75, 3.05) is 25.0 Å². The molecular weight excluding hydrogens is 362 g/mol. The van der Waals surface area contributed by atoms with Crippen LogP contribution in [-0.4, -0.2) is 42.4 Å². The van der Waals surface area contributed by atoms with Gasteiger partial charge in [0.05, 0.1) is 0 Å². The molecule has 1 aliphatic heterocycles. The van der Waals surface area contributed by atoms with Crippen LogP contribution in [0.2, 0.25) is 0 Å². The second kappa shape index (κ2) is 9.70. The van der Waals surface area contributed by atoms with E-state index in [9.17, 15) is 9.59 Å². The van der Waals surface area contributed by atoms with Crippen LogP contribution in [0.3, 0.4) is 0 Å². The van der Waals surface area contributed by atoms with Gasteiger partial charge >= 0.3 is 0 Å². The van der Waals surface area contributed by atoms with E-state index in [0.29, 0.717) is 16.8 Å². The lowest BCUT2D eigenvalue weighted by atomic mass is 10.00. The number of likely N-dealkylation sites (tertiary alicyclic amines) is 1. The summed E-state index contributed by atoms with van der Waals surface area (Å²) in [6.45, 7) is 9.31. The molecule has 2 amide bonds. The molecule has 1 saturated heterocycles. The number of aryl methyl sites for hydroxylation is 1. The van der Waals surface area contributed by atoms with Crippen LogP contribution in [-0.2, 0) is 0 Å². The normalized spacial score (nSPS) is 18.1. The Balaban J connectivity index is 1.62. The molecule has 1 fully saturated rings. The maximum atomic E-state index is 12.7. The summed E-state index contributed by atoms with van der Waals surface area (Å²) in [5.74, 6) is 0.427. The highest BCUT2D eigenvalue weighted by atomic mass is 16.2. The average Bonchev–Trinajstić information content (AvgIpc) is 2.70. The van der Waals surface area contributed by atoms with Crippen molar-refractivity contribution in [1.29, 1.82) is 0 Å². The number of nitrogens with one attached hydrogen (secondary N) is 2. The van der Waals surface area contributed by atoms with E-state index in [2.05, 4.69) is 22.5 Å². The first kappa shape index (κ1) is 21.1. The first-order valence-corrected chi connectivity index (χ1v) is 10.4. The molecule has 154 valence electrons. The van der Waals surface area contributed by atoms with Gasteiger partial charge in [0.25, 0.3) is 11.8 Å². The molecule has 0 saturated carbocycles. The Morgan fingerprint density at radius 1 is 1.10 bits per heavy atom. The molecule has 0 spiro atoms. The Bertz CT molecular complexity index is 850. The molecule has 0 aromatic heterocycles. The predicted octanol–water partition coefficient (Wildman–Crippen LogP) is 4.10. The minimum absolute atomic E-state index is 0.0662. The van der Waals surface area contributed by atoms with Crippen LogP contribution in [0.15, 0.2) is 48.5 Å². The number of benzene rings is 2. The van der Waals surface area contributed by atoms with Gasteiger partial charge in [-0.15, -0.1) is 0 Å². The number of anilines is 1. The van der Waals surface area contributed by atoms with Crippen molar-refractivity contribution in [2.45, 2.75) is 39.7 Å². The van der Waals surface area contributed by atoms with E-state index in [4.69, 9.17) is 0 Å². The monoisotopic (exact) mass is 393 g/mol. The van der Waals surface area contributed by atoms with Gasteiger partial charge in [-0.25, -0.2) is 0 Å². The standard InChI is InChI=1S/C24H31N3O2/c1-17-8-7-13-27(15-17)16-19(3)25-24(29)21-12-11-18(2)22(14-21)26-23(28)20-9-5-4-6-10-20/h4-6,9-12,14,17,19H,7-8,13,15-16H2,1-3H3,(H,25,29)(H,26,28). The molecule has 1 aliphatic rings. The molecule has 2 aromatic rings. The molecule has 2 atom stereocenters.